The molecule has 0 amide bonds. The van der Waals surface area contributed by atoms with Gasteiger partial charge < -0.3 is 13.9 Å². The van der Waals surface area contributed by atoms with Crippen LogP contribution < -0.4 is 0 Å². The summed E-state index contributed by atoms with van der Waals surface area (Å²) in [5, 5.41) is 0. The second-order valence-electron chi connectivity index (χ2n) is 7.92. The smallest absolute Gasteiger partial charge is 0.334 e. The Balaban J connectivity index is 1.73. The van der Waals surface area contributed by atoms with Crippen molar-refractivity contribution >= 4 is 11.9 Å². The quantitative estimate of drug-likeness (QED) is 0.467. The van der Waals surface area contributed by atoms with Gasteiger partial charge in [-0.15, -0.1) is 0 Å². The second-order valence-corrected chi connectivity index (χ2v) is 7.92. The molecule has 0 saturated carbocycles. The number of carbonyl (C=O) groups is 2. The Hall–Kier alpha value is -2.30. The van der Waals surface area contributed by atoms with Gasteiger partial charge in [-0.05, 0) is 24.3 Å². The van der Waals surface area contributed by atoms with Gasteiger partial charge in [0.1, 0.15) is 12.7 Å². The summed E-state index contributed by atoms with van der Waals surface area (Å²) in [5.74, 6) is -1.02. The van der Waals surface area contributed by atoms with Crippen LogP contribution in [0.1, 0.15) is 38.4 Å². The maximum Gasteiger partial charge on any atom is 0.334 e. The van der Waals surface area contributed by atoms with Crippen molar-refractivity contribution in [2.45, 2.75) is 32.8 Å². The van der Waals surface area contributed by atoms with Crippen LogP contribution in [0.5, 0.6) is 0 Å². The topological polar surface area (TPSA) is 65.7 Å². The summed E-state index contributed by atoms with van der Waals surface area (Å²) in [4.78, 5) is 25.0. The highest BCUT2D eigenvalue weighted by atomic mass is 16.5. The second kappa shape index (κ2) is 5.35. The van der Waals surface area contributed by atoms with Gasteiger partial charge in [0.15, 0.2) is 0 Å². The molecule has 132 valence electrons. The van der Waals surface area contributed by atoms with E-state index >= 15 is 0 Å². The number of hydrogen-bond donors (Lipinski definition) is 0. The van der Waals surface area contributed by atoms with Crippen LogP contribution in [-0.4, -0.2) is 18.5 Å². The predicted molar refractivity (Wildman–Crippen MR) is 89.2 cm³/mol. The molecule has 0 radical (unpaired) electrons. The molecule has 1 aromatic rings. The van der Waals surface area contributed by atoms with E-state index in [1.807, 2.05) is 6.92 Å². The molecule has 2 saturated heterocycles. The summed E-state index contributed by atoms with van der Waals surface area (Å²) in [6, 6.07) is 1.81. The van der Waals surface area contributed by atoms with E-state index in [-0.39, 0.29) is 29.3 Å². The number of allylic oxidation sites excluding steroid dienone is 1. The molecule has 1 aliphatic carbocycles. The Kier molecular flexibility index (Phi) is 3.46. The van der Waals surface area contributed by atoms with Gasteiger partial charge in [0.05, 0.1) is 18.4 Å². The highest BCUT2D eigenvalue weighted by Crippen LogP contribution is 2.59. The van der Waals surface area contributed by atoms with Gasteiger partial charge in [-0.3, -0.25) is 4.79 Å². The zero-order chi connectivity index (χ0) is 17.8. The molecule has 5 heteroatoms. The van der Waals surface area contributed by atoms with Gasteiger partial charge in [0.2, 0.25) is 0 Å². The SMILES string of the molecule is C=C1C(=O)OC(c2ccoc2)CC1C1(C)CC=CC2(C)COC(=O)C21. The minimum Gasteiger partial charge on any atom is -0.472 e. The van der Waals surface area contributed by atoms with Crippen molar-refractivity contribution < 1.29 is 23.5 Å². The molecule has 5 unspecified atom stereocenters. The largest absolute Gasteiger partial charge is 0.472 e. The van der Waals surface area contributed by atoms with E-state index in [0.717, 1.165) is 5.56 Å². The minimum atomic E-state index is -0.435. The Morgan fingerprint density at radius 1 is 1.28 bits per heavy atom. The third kappa shape index (κ3) is 2.29. The highest BCUT2D eigenvalue weighted by molar-refractivity contribution is 5.90. The highest BCUT2D eigenvalue weighted by Gasteiger charge is 2.60. The molecule has 1 aromatic heterocycles. The maximum absolute atomic E-state index is 12.6. The molecule has 3 heterocycles. The number of rotatable bonds is 2. The van der Waals surface area contributed by atoms with E-state index in [1.165, 1.54) is 0 Å². The third-order valence-corrected chi connectivity index (χ3v) is 6.23. The zero-order valence-electron chi connectivity index (χ0n) is 14.5. The van der Waals surface area contributed by atoms with Gasteiger partial charge in [-0.2, -0.15) is 0 Å². The van der Waals surface area contributed by atoms with Crippen molar-refractivity contribution in [3.8, 4) is 0 Å². The Morgan fingerprint density at radius 3 is 2.80 bits per heavy atom. The van der Waals surface area contributed by atoms with E-state index in [0.29, 0.717) is 25.0 Å². The van der Waals surface area contributed by atoms with Gasteiger partial charge >= 0.3 is 11.9 Å². The van der Waals surface area contributed by atoms with E-state index < -0.39 is 11.4 Å². The lowest BCUT2D eigenvalue weighted by Crippen LogP contribution is -2.49. The fourth-order valence-electron chi connectivity index (χ4n) is 4.95. The molecule has 0 bridgehead atoms. The van der Waals surface area contributed by atoms with E-state index in [4.69, 9.17) is 13.9 Å². The molecule has 0 aromatic carbocycles. The average Bonchev–Trinajstić information content (AvgIpc) is 3.19. The molecule has 0 N–H and O–H groups in total. The van der Waals surface area contributed by atoms with Crippen LogP contribution in [0.25, 0.3) is 0 Å². The van der Waals surface area contributed by atoms with Crippen molar-refractivity contribution in [2.24, 2.45) is 22.7 Å². The summed E-state index contributed by atoms with van der Waals surface area (Å²) in [7, 11) is 0. The Labute approximate surface area is 146 Å². The molecular weight excluding hydrogens is 320 g/mol. The molecule has 4 rings (SSSR count). The fourth-order valence-corrected chi connectivity index (χ4v) is 4.95. The minimum absolute atomic E-state index is 0.159. The predicted octanol–water partition coefficient (Wildman–Crippen LogP) is 3.59. The van der Waals surface area contributed by atoms with Crippen molar-refractivity contribution in [3.63, 3.8) is 0 Å². The van der Waals surface area contributed by atoms with Crippen LogP contribution in [0.4, 0.5) is 0 Å². The van der Waals surface area contributed by atoms with E-state index in [2.05, 4.69) is 25.7 Å². The molecular formula is C20H22O5. The van der Waals surface area contributed by atoms with Gasteiger partial charge in [-0.25, -0.2) is 4.79 Å². The number of carbonyl (C=O) groups excluding carboxylic acids is 2. The summed E-state index contributed by atoms with van der Waals surface area (Å²) >= 11 is 0. The average molecular weight is 342 g/mol. The maximum atomic E-state index is 12.6. The zero-order valence-corrected chi connectivity index (χ0v) is 14.5. The lowest BCUT2D eigenvalue weighted by atomic mass is 9.53. The van der Waals surface area contributed by atoms with Gasteiger partial charge in [-0.1, -0.05) is 32.6 Å². The van der Waals surface area contributed by atoms with Crippen LogP contribution in [0.3, 0.4) is 0 Å². The van der Waals surface area contributed by atoms with Crippen LogP contribution in [0, 0.1) is 22.7 Å². The van der Waals surface area contributed by atoms with Crippen molar-refractivity contribution in [3.05, 3.63) is 48.5 Å². The van der Waals surface area contributed by atoms with Crippen LogP contribution in [0.2, 0.25) is 0 Å². The number of ether oxygens (including phenoxy) is 2. The Morgan fingerprint density at radius 2 is 2.08 bits per heavy atom. The first-order valence-corrected chi connectivity index (χ1v) is 8.61. The number of hydrogen-bond acceptors (Lipinski definition) is 5. The molecule has 3 aliphatic rings. The van der Waals surface area contributed by atoms with Gasteiger partial charge in [0, 0.05) is 22.5 Å². The summed E-state index contributed by atoms with van der Waals surface area (Å²) in [5.41, 5.74) is 0.504. The van der Waals surface area contributed by atoms with Crippen molar-refractivity contribution in [1.82, 2.24) is 0 Å². The molecule has 5 atom stereocenters. The van der Waals surface area contributed by atoms with Gasteiger partial charge in [0.25, 0.3) is 0 Å². The Bertz CT molecular complexity index is 761. The third-order valence-electron chi connectivity index (χ3n) is 6.23. The summed E-state index contributed by atoms with van der Waals surface area (Å²) in [6.07, 6.45) is 8.28. The standard InChI is InChI=1S/C20H22O5/c1-12-14(9-15(25-17(12)21)13-5-8-23-10-13)20(3)7-4-6-19(2)11-24-18(22)16(19)20/h4-6,8,10,14-16H,1,7,9,11H2,2-3H3. The van der Waals surface area contributed by atoms with E-state index in [9.17, 15) is 9.59 Å². The molecule has 2 aliphatic heterocycles. The number of furan rings is 1. The van der Waals surface area contributed by atoms with E-state index in [1.54, 1.807) is 18.6 Å². The molecule has 0 spiro atoms. The van der Waals surface area contributed by atoms with Crippen LogP contribution in [0.15, 0.2) is 47.3 Å². The molecule has 25 heavy (non-hydrogen) atoms. The van der Waals surface area contributed by atoms with Crippen LogP contribution in [-0.2, 0) is 19.1 Å². The summed E-state index contributed by atoms with van der Waals surface area (Å²) in [6.45, 7) is 8.51. The monoisotopic (exact) mass is 342 g/mol. The first-order chi connectivity index (χ1) is 11.8. The van der Waals surface area contributed by atoms with Crippen LogP contribution >= 0.6 is 0 Å². The number of cyclic esters (lactones) is 2. The number of fused-ring (bicyclic) bond motifs is 1. The van der Waals surface area contributed by atoms with Crippen molar-refractivity contribution in [1.29, 1.82) is 0 Å². The molecule has 5 nitrogen and oxygen atoms in total. The fraction of sp³-hybridized carbons (Fsp3) is 0.500. The van der Waals surface area contributed by atoms with Crippen molar-refractivity contribution in [2.75, 3.05) is 6.61 Å². The first kappa shape index (κ1) is 16.2. The first-order valence-electron chi connectivity index (χ1n) is 8.61. The molecule has 2 fully saturated rings. The lowest BCUT2D eigenvalue weighted by molar-refractivity contribution is -0.157. The number of esters is 2. The lowest BCUT2D eigenvalue weighted by Gasteiger charge is -2.49. The summed E-state index contributed by atoms with van der Waals surface area (Å²) < 4.78 is 16.1. The normalized spacial score (nSPS) is 40.6.